The maximum absolute atomic E-state index is 14.4. The van der Waals surface area contributed by atoms with Crippen LogP contribution in [0.2, 0.25) is 0 Å². The van der Waals surface area contributed by atoms with Crippen LogP contribution in [0.4, 0.5) is 4.39 Å². The zero-order valence-electron chi connectivity index (χ0n) is 18.9. The van der Waals surface area contributed by atoms with Gasteiger partial charge in [0, 0.05) is 56.5 Å². The van der Waals surface area contributed by atoms with Gasteiger partial charge in [-0.1, -0.05) is 24.3 Å². The van der Waals surface area contributed by atoms with Crippen molar-refractivity contribution in [2.75, 3.05) is 39.5 Å². The topological polar surface area (TPSA) is 95.0 Å². The summed E-state index contributed by atoms with van der Waals surface area (Å²) in [6, 6.07) is 10.7. The molecule has 1 aliphatic heterocycles. The lowest BCUT2D eigenvalue weighted by molar-refractivity contribution is -0.113. The number of rotatable bonds is 8. The van der Waals surface area contributed by atoms with Crippen molar-refractivity contribution >= 4 is 22.1 Å². The molecule has 1 aliphatic rings. The second-order valence-electron chi connectivity index (χ2n) is 8.64. The van der Waals surface area contributed by atoms with E-state index >= 15 is 0 Å². The van der Waals surface area contributed by atoms with E-state index in [4.69, 9.17) is 0 Å². The first-order valence-electron chi connectivity index (χ1n) is 10.7. The number of sulfonamides is 1. The molecule has 0 radical (unpaired) electrons. The van der Waals surface area contributed by atoms with E-state index in [0.717, 1.165) is 12.5 Å². The minimum atomic E-state index is -3.36. The number of carbonyl (C=O) groups is 2. The van der Waals surface area contributed by atoms with Crippen LogP contribution in [0.15, 0.2) is 42.5 Å². The number of phenols is 1. The number of ketones is 1. The average molecular weight is 477 g/mol. The molecule has 0 aliphatic carbocycles. The number of hydrogen-bond acceptors (Lipinski definition) is 6. The molecule has 0 amide bonds. The van der Waals surface area contributed by atoms with Gasteiger partial charge in [-0.15, -0.1) is 0 Å². The molecule has 0 saturated carbocycles. The van der Waals surface area contributed by atoms with Gasteiger partial charge in [0.25, 0.3) is 0 Å². The first-order chi connectivity index (χ1) is 15.5. The van der Waals surface area contributed by atoms with E-state index in [1.807, 2.05) is 4.90 Å². The Labute approximate surface area is 193 Å². The highest BCUT2D eigenvalue weighted by atomic mass is 32.2. The molecule has 178 valence electrons. The number of Topliss-reactive ketones (excluding diaryl/α,β-unsaturated/α-hetero) is 1. The Balaban J connectivity index is 1.99. The summed E-state index contributed by atoms with van der Waals surface area (Å²) in [5, 5.41) is 9.86. The Morgan fingerprint density at radius 2 is 1.94 bits per heavy atom. The number of hydrogen-bond donors (Lipinski definition) is 1. The smallest absolute Gasteiger partial charge is 0.210 e. The molecule has 33 heavy (non-hydrogen) atoms. The molecule has 7 nitrogen and oxygen atoms in total. The van der Waals surface area contributed by atoms with Gasteiger partial charge in [-0.2, -0.15) is 0 Å². The SMILES string of the molecule is Cc1c(F)cccc1[C@@H]1[C@H](C=O)CN(CCN(C)S(C)(=O)=O)C[C@@H]1C(=O)c1cccc(O)c1. The number of likely N-dealkylation sites (N-methyl/N-ethyl adjacent to an activating group) is 1. The summed E-state index contributed by atoms with van der Waals surface area (Å²) in [6.07, 6.45) is 1.92. The second kappa shape index (κ2) is 10.1. The van der Waals surface area contributed by atoms with Gasteiger partial charge >= 0.3 is 0 Å². The van der Waals surface area contributed by atoms with Crippen LogP contribution in [-0.2, 0) is 14.8 Å². The molecule has 1 saturated heterocycles. The molecule has 2 aromatic rings. The molecule has 1 heterocycles. The summed E-state index contributed by atoms with van der Waals surface area (Å²) >= 11 is 0. The number of aromatic hydroxyl groups is 1. The molecule has 3 atom stereocenters. The Kier molecular flexibility index (Phi) is 7.66. The maximum atomic E-state index is 14.4. The van der Waals surface area contributed by atoms with Gasteiger partial charge in [-0.05, 0) is 36.2 Å². The highest BCUT2D eigenvalue weighted by molar-refractivity contribution is 7.88. The van der Waals surface area contributed by atoms with E-state index in [2.05, 4.69) is 0 Å². The molecule has 0 unspecified atom stereocenters. The molecule has 3 rings (SSSR count). The van der Waals surface area contributed by atoms with Crippen molar-refractivity contribution in [3.63, 3.8) is 0 Å². The van der Waals surface area contributed by atoms with Gasteiger partial charge in [0.05, 0.1) is 6.26 Å². The van der Waals surface area contributed by atoms with Crippen LogP contribution in [-0.4, -0.2) is 74.3 Å². The average Bonchev–Trinajstić information content (AvgIpc) is 2.77. The molecule has 1 N–H and O–H groups in total. The van der Waals surface area contributed by atoms with E-state index < -0.39 is 33.6 Å². The highest BCUT2D eigenvalue weighted by Crippen LogP contribution is 2.40. The fraction of sp³-hybridized carbons (Fsp3) is 0.417. The standard InChI is InChI=1S/C24H29FN2O5S/c1-16-20(8-5-9-22(16)25)23-18(15-28)13-27(11-10-26(2)33(3,31)32)14-21(23)24(30)17-6-4-7-19(29)12-17/h4-9,12,15,18,21,23,29H,10-11,13-14H2,1-3H3/t18-,21-,23-/m0/s1. The normalized spacial score (nSPS) is 21.8. The third kappa shape index (κ3) is 5.66. The van der Waals surface area contributed by atoms with E-state index in [1.165, 1.54) is 29.6 Å². The number of benzene rings is 2. The van der Waals surface area contributed by atoms with Crippen LogP contribution < -0.4 is 0 Å². The number of halogens is 1. The van der Waals surface area contributed by atoms with Crippen LogP contribution in [0.1, 0.15) is 27.4 Å². The van der Waals surface area contributed by atoms with Crippen LogP contribution in [0, 0.1) is 24.6 Å². The molecule has 0 spiro atoms. The van der Waals surface area contributed by atoms with E-state index in [1.54, 1.807) is 31.2 Å². The summed E-state index contributed by atoms with van der Waals surface area (Å²) in [4.78, 5) is 27.6. The quantitative estimate of drug-likeness (QED) is 0.465. The van der Waals surface area contributed by atoms with Crippen molar-refractivity contribution in [2.24, 2.45) is 11.8 Å². The number of nitrogens with zero attached hydrogens (tertiary/aromatic N) is 2. The predicted molar refractivity (Wildman–Crippen MR) is 123 cm³/mol. The first kappa shape index (κ1) is 25.0. The van der Waals surface area contributed by atoms with E-state index in [0.29, 0.717) is 29.8 Å². The summed E-state index contributed by atoms with van der Waals surface area (Å²) in [5.74, 6) is -2.52. The molecule has 1 fully saturated rings. The predicted octanol–water partition coefficient (Wildman–Crippen LogP) is 2.44. The summed E-state index contributed by atoms with van der Waals surface area (Å²) in [6.45, 7) is 2.78. The van der Waals surface area contributed by atoms with Gasteiger partial charge in [-0.3, -0.25) is 4.79 Å². The lowest BCUT2D eigenvalue weighted by Gasteiger charge is -2.42. The van der Waals surface area contributed by atoms with Crippen molar-refractivity contribution < 1.29 is 27.5 Å². The van der Waals surface area contributed by atoms with Crippen molar-refractivity contribution in [3.8, 4) is 5.75 Å². The van der Waals surface area contributed by atoms with Gasteiger partial charge < -0.3 is 14.8 Å². The molecule has 2 aromatic carbocycles. The lowest BCUT2D eigenvalue weighted by Crippen LogP contribution is -2.50. The fourth-order valence-corrected chi connectivity index (χ4v) is 4.90. The monoisotopic (exact) mass is 476 g/mol. The third-order valence-electron chi connectivity index (χ3n) is 6.43. The second-order valence-corrected chi connectivity index (χ2v) is 10.7. The van der Waals surface area contributed by atoms with E-state index in [-0.39, 0.29) is 24.6 Å². The van der Waals surface area contributed by atoms with Crippen molar-refractivity contribution in [1.29, 1.82) is 0 Å². The van der Waals surface area contributed by atoms with Gasteiger partial charge in [-0.25, -0.2) is 17.1 Å². The number of piperidine rings is 1. The summed E-state index contributed by atoms with van der Waals surface area (Å²) in [7, 11) is -1.89. The number of carbonyl (C=O) groups excluding carboxylic acids is 2. The van der Waals surface area contributed by atoms with Crippen molar-refractivity contribution in [2.45, 2.75) is 12.8 Å². The molecule has 0 aromatic heterocycles. The zero-order valence-corrected chi connectivity index (χ0v) is 19.8. The van der Waals surface area contributed by atoms with Crippen LogP contribution in [0.25, 0.3) is 0 Å². The number of aldehydes is 1. The van der Waals surface area contributed by atoms with Crippen molar-refractivity contribution in [3.05, 3.63) is 65.0 Å². The Morgan fingerprint density at radius 3 is 2.58 bits per heavy atom. The molecular formula is C24H29FN2O5S. The first-order valence-corrected chi connectivity index (χ1v) is 12.5. The molecule has 0 bridgehead atoms. The Hall–Kier alpha value is -2.62. The third-order valence-corrected chi connectivity index (χ3v) is 7.74. The lowest BCUT2D eigenvalue weighted by atomic mass is 9.70. The summed E-state index contributed by atoms with van der Waals surface area (Å²) < 4.78 is 39.1. The van der Waals surface area contributed by atoms with Gasteiger partial charge in [0.1, 0.15) is 17.9 Å². The zero-order chi connectivity index (χ0) is 24.3. The molecule has 9 heteroatoms. The summed E-state index contributed by atoms with van der Waals surface area (Å²) in [5.41, 5.74) is 1.31. The molecular weight excluding hydrogens is 447 g/mol. The van der Waals surface area contributed by atoms with Gasteiger partial charge in [0.15, 0.2) is 5.78 Å². The van der Waals surface area contributed by atoms with Crippen LogP contribution >= 0.6 is 0 Å². The van der Waals surface area contributed by atoms with Crippen LogP contribution in [0.5, 0.6) is 5.75 Å². The van der Waals surface area contributed by atoms with Crippen LogP contribution in [0.3, 0.4) is 0 Å². The minimum absolute atomic E-state index is 0.0475. The largest absolute Gasteiger partial charge is 0.508 e. The van der Waals surface area contributed by atoms with E-state index in [9.17, 15) is 27.5 Å². The number of likely N-dealkylation sites (tertiary alicyclic amines) is 1. The van der Waals surface area contributed by atoms with Crippen molar-refractivity contribution in [1.82, 2.24) is 9.21 Å². The highest BCUT2D eigenvalue weighted by Gasteiger charge is 2.42. The maximum Gasteiger partial charge on any atom is 0.210 e. The minimum Gasteiger partial charge on any atom is -0.508 e. The Morgan fingerprint density at radius 1 is 1.24 bits per heavy atom. The Bertz CT molecular complexity index is 1140. The van der Waals surface area contributed by atoms with Gasteiger partial charge in [0.2, 0.25) is 10.0 Å². The number of phenolic OH excluding ortho intramolecular Hbond substituents is 1. The fourth-order valence-electron chi connectivity index (χ4n) is 4.49.